The van der Waals surface area contributed by atoms with Crippen LogP contribution in [0.4, 0.5) is 10.1 Å². The first-order valence-corrected chi connectivity index (χ1v) is 6.91. The third kappa shape index (κ3) is 3.75. The minimum absolute atomic E-state index is 0.132. The first kappa shape index (κ1) is 15.4. The lowest BCUT2D eigenvalue weighted by Gasteiger charge is -2.21. The van der Waals surface area contributed by atoms with Gasteiger partial charge in [-0.25, -0.2) is 0 Å². The molecule has 0 saturated carbocycles. The molecule has 0 radical (unpaired) electrons. The summed E-state index contributed by atoms with van der Waals surface area (Å²) in [5.41, 5.74) is -0.541. The normalized spacial score (nSPS) is 15.1. The molecule has 1 aromatic rings. The standard InChI is InChI=1S/C14H18FN3O3/c1-16(8-9-17-6-2-3-7-17)14(19)11-4-5-12(15)13(10-11)18(20)21/h4-5,10H,2-3,6-9H2,1H3. The fourth-order valence-corrected chi connectivity index (χ4v) is 2.41. The van der Waals surface area contributed by atoms with Crippen LogP contribution in [0.3, 0.4) is 0 Å². The molecule has 0 atom stereocenters. The predicted molar refractivity (Wildman–Crippen MR) is 75.7 cm³/mol. The van der Waals surface area contributed by atoms with Crippen LogP contribution >= 0.6 is 0 Å². The van der Waals surface area contributed by atoms with Crippen molar-refractivity contribution in [1.29, 1.82) is 0 Å². The summed E-state index contributed by atoms with van der Waals surface area (Å²) in [6.07, 6.45) is 2.36. The van der Waals surface area contributed by atoms with E-state index >= 15 is 0 Å². The molecule has 0 aromatic heterocycles. The van der Waals surface area contributed by atoms with Crippen LogP contribution in [0, 0.1) is 15.9 Å². The molecule has 1 saturated heterocycles. The summed E-state index contributed by atoms with van der Waals surface area (Å²) in [5.74, 6) is -1.27. The smallest absolute Gasteiger partial charge is 0.305 e. The quantitative estimate of drug-likeness (QED) is 0.614. The zero-order valence-electron chi connectivity index (χ0n) is 11.9. The zero-order valence-corrected chi connectivity index (χ0v) is 11.9. The number of amides is 1. The summed E-state index contributed by atoms with van der Waals surface area (Å²) in [7, 11) is 1.65. The molecule has 0 bridgehead atoms. The number of nitrogens with zero attached hydrogens (tertiary/aromatic N) is 3. The molecule has 21 heavy (non-hydrogen) atoms. The van der Waals surface area contributed by atoms with E-state index in [2.05, 4.69) is 4.90 Å². The van der Waals surface area contributed by atoms with Crippen LogP contribution in [-0.2, 0) is 0 Å². The molecular formula is C14H18FN3O3. The molecule has 114 valence electrons. The summed E-state index contributed by atoms with van der Waals surface area (Å²) >= 11 is 0. The highest BCUT2D eigenvalue weighted by atomic mass is 19.1. The minimum Gasteiger partial charge on any atom is -0.340 e. The van der Waals surface area contributed by atoms with Gasteiger partial charge in [-0.05, 0) is 38.1 Å². The van der Waals surface area contributed by atoms with Gasteiger partial charge in [0.15, 0.2) is 0 Å². The number of likely N-dealkylation sites (N-methyl/N-ethyl adjacent to an activating group) is 1. The van der Waals surface area contributed by atoms with E-state index in [1.54, 1.807) is 7.05 Å². The number of carbonyl (C=O) groups excluding carboxylic acids is 1. The van der Waals surface area contributed by atoms with E-state index in [-0.39, 0.29) is 11.5 Å². The van der Waals surface area contributed by atoms with Crippen molar-refractivity contribution in [2.75, 3.05) is 33.2 Å². The van der Waals surface area contributed by atoms with E-state index < -0.39 is 16.4 Å². The van der Waals surface area contributed by atoms with Gasteiger partial charge in [-0.2, -0.15) is 4.39 Å². The van der Waals surface area contributed by atoms with Gasteiger partial charge >= 0.3 is 5.69 Å². The summed E-state index contributed by atoms with van der Waals surface area (Å²) in [5, 5.41) is 10.7. The Morgan fingerprint density at radius 1 is 1.43 bits per heavy atom. The number of rotatable bonds is 5. The van der Waals surface area contributed by atoms with Gasteiger partial charge in [0.25, 0.3) is 5.91 Å². The highest BCUT2D eigenvalue weighted by Crippen LogP contribution is 2.19. The lowest BCUT2D eigenvalue weighted by molar-refractivity contribution is -0.387. The lowest BCUT2D eigenvalue weighted by atomic mass is 10.1. The Kier molecular flexibility index (Phi) is 4.85. The van der Waals surface area contributed by atoms with Gasteiger partial charge in [0.05, 0.1) is 4.92 Å². The summed E-state index contributed by atoms with van der Waals surface area (Å²) < 4.78 is 13.3. The zero-order chi connectivity index (χ0) is 15.4. The average molecular weight is 295 g/mol. The highest BCUT2D eigenvalue weighted by Gasteiger charge is 2.20. The maximum Gasteiger partial charge on any atom is 0.305 e. The Labute approximate surface area is 122 Å². The Bertz CT molecular complexity index is 544. The molecule has 2 rings (SSSR count). The van der Waals surface area contributed by atoms with Crippen molar-refractivity contribution in [1.82, 2.24) is 9.80 Å². The minimum atomic E-state index is -0.934. The number of halogens is 1. The van der Waals surface area contributed by atoms with E-state index in [4.69, 9.17) is 0 Å². The van der Waals surface area contributed by atoms with Gasteiger partial charge in [-0.1, -0.05) is 0 Å². The van der Waals surface area contributed by atoms with E-state index in [1.807, 2.05) is 0 Å². The fourth-order valence-electron chi connectivity index (χ4n) is 2.41. The monoisotopic (exact) mass is 295 g/mol. The molecule has 0 N–H and O–H groups in total. The average Bonchev–Trinajstić information content (AvgIpc) is 2.97. The Morgan fingerprint density at radius 3 is 2.71 bits per heavy atom. The summed E-state index contributed by atoms with van der Waals surface area (Å²) in [6, 6.07) is 3.22. The third-order valence-electron chi connectivity index (χ3n) is 3.69. The van der Waals surface area contributed by atoms with Crippen LogP contribution in [0.2, 0.25) is 0 Å². The molecule has 0 unspecified atom stereocenters. The first-order valence-electron chi connectivity index (χ1n) is 6.91. The Morgan fingerprint density at radius 2 is 2.10 bits per heavy atom. The second kappa shape index (κ2) is 6.62. The van der Waals surface area contributed by atoms with Gasteiger partial charge < -0.3 is 9.80 Å². The van der Waals surface area contributed by atoms with Crippen LogP contribution in [-0.4, -0.2) is 53.9 Å². The number of likely N-dealkylation sites (tertiary alicyclic amines) is 1. The largest absolute Gasteiger partial charge is 0.340 e. The number of hydrogen-bond donors (Lipinski definition) is 0. The second-order valence-corrected chi connectivity index (χ2v) is 5.20. The molecule has 1 heterocycles. The van der Waals surface area contributed by atoms with Crippen molar-refractivity contribution in [3.05, 3.63) is 39.7 Å². The second-order valence-electron chi connectivity index (χ2n) is 5.20. The highest BCUT2D eigenvalue weighted by molar-refractivity contribution is 5.94. The molecule has 0 spiro atoms. The number of hydrogen-bond acceptors (Lipinski definition) is 4. The van der Waals surface area contributed by atoms with Crippen molar-refractivity contribution in [2.45, 2.75) is 12.8 Å². The SMILES string of the molecule is CN(CCN1CCCC1)C(=O)c1ccc(F)c([N+](=O)[O-])c1. The fraction of sp³-hybridized carbons (Fsp3) is 0.500. The number of benzene rings is 1. The van der Waals surface area contributed by atoms with Gasteiger partial charge in [-0.3, -0.25) is 14.9 Å². The molecule has 1 aliphatic heterocycles. The number of carbonyl (C=O) groups is 1. The molecular weight excluding hydrogens is 277 g/mol. The van der Waals surface area contributed by atoms with Crippen LogP contribution in [0.5, 0.6) is 0 Å². The van der Waals surface area contributed by atoms with Gasteiger partial charge in [0.1, 0.15) is 0 Å². The molecule has 1 aliphatic rings. The van der Waals surface area contributed by atoms with E-state index in [9.17, 15) is 19.3 Å². The van der Waals surface area contributed by atoms with Gasteiger partial charge in [0, 0.05) is 31.8 Å². The van der Waals surface area contributed by atoms with Crippen molar-refractivity contribution in [3.8, 4) is 0 Å². The predicted octanol–water partition coefficient (Wildman–Crippen LogP) is 1.90. The Balaban J connectivity index is 2.01. The van der Waals surface area contributed by atoms with Gasteiger partial charge in [0.2, 0.25) is 5.82 Å². The van der Waals surface area contributed by atoms with Crippen molar-refractivity contribution in [3.63, 3.8) is 0 Å². The summed E-state index contributed by atoms with van der Waals surface area (Å²) in [4.78, 5) is 25.9. The molecule has 1 fully saturated rings. The van der Waals surface area contributed by atoms with Crippen LogP contribution in [0.1, 0.15) is 23.2 Å². The maximum atomic E-state index is 13.3. The third-order valence-corrected chi connectivity index (χ3v) is 3.69. The first-order chi connectivity index (χ1) is 9.99. The lowest BCUT2D eigenvalue weighted by Crippen LogP contribution is -2.35. The topological polar surface area (TPSA) is 66.7 Å². The molecule has 7 heteroatoms. The summed E-state index contributed by atoms with van der Waals surface area (Å²) in [6.45, 7) is 3.42. The van der Waals surface area contributed by atoms with Crippen molar-refractivity contribution >= 4 is 11.6 Å². The number of nitro groups is 1. The Hall–Kier alpha value is -2.02. The molecule has 6 nitrogen and oxygen atoms in total. The van der Waals surface area contributed by atoms with Crippen LogP contribution in [0.25, 0.3) is 0 Å². The van der Waals surface area contributed by atoms with Crippen LogP contribution < -0.4 is 0 Å². The van der Waals surface area contributed by atoms with Crippen molar-refractivity contribution in [2.24, 2.45) is 0 Å². The maximum absolute atomic E-state index is 13.3. The van der Waals surface area contributed by atoms with E-state index in [0.717, 1.165) is 31.8 Å². The van der Waals surface area contributed by atoms with Crippen molar-refractivity contribution < 1.29 is 14.1 Å². The van der Waals surface area contributed by atoms with E-state index in [1.165, 1.54) is 23.8 Å². The van der Waals surface area contributed by atoms with Crippen LogP contribution in [0.15, 0.2) is 18.2 Å². The molecule has 1 aromatic carbocycles. The number of nitro benzene ring substituents is 1. The van der Waals surface area contributed by atoms with Gasteiger partial charge in [-0.15, -0.1) is 0 Å². The molecule has 1 amide bonds. The van der Waals surface area contributed by atoms with E-state index in [0.29, 0.717) is 6.54 Å². The molecule has 0 aliphatic carbocycles.